The molecule has 19 heavy (non-hydrogen) atoms. The minimum Gasteiger partial charge on any atom is -0.310 e. The number of rotatable bonds is 5. The SMILES string of the molecule is CCNC(c1cnn(CC)c1)C1CCC(F)(F)CC1. The maximum Gasteiger partial charge on any atom is 0.248 e. The molecule has 3 nitrogen and oxygen atoms in total. The van der Waals surface area contributed by atoms with Crippen LogP contribution in [0, 0.1) is 5.92 Å². The summed E-state index contributed by atoms with van der Waals surface area (Å²) in [6.07, 6.45) is 5.09. The van der Waals surface area contributed by atoms with Crippen molar-refractivity contribution in [2.24, 2.45) is 5.92 Å². The fourth-order valence-electron chi connectivity index (χ4n) is 2.89. The number of hydrogen-bond donors (Lipinski definition) is 1. The van der Waals surface area contributed by atoms with Crippen molar-refractivity contribution < 1.29 is 8.78 Å². The van der Waals surface area contributed by atoms with Crippen molar-refractivity contribution in [2.75, 3.05) is 6.54 Å². The van der Waals surface area contributed by atoms with Gasteiger partial charge in [0, 0.05) is 37.2 Å². The van der Waals surface area contributed by atoms with E-state index in [2.05, 4.69) is 17.3 Å². The van der Waals surface area contributed by atoms with Crippen molar-refractivity contribution in [3.63, 3.8) is 0 Å². The Balaban J connectivity index is 2.07. The lowest BCUT2D eigenvalue weighted by Crippen LogP contribution is -2.33. The average molecular weight is 271 g/mol. The minimum atomic E-state index is -2.46. The van der Waals surface area contributed by atoms with Crippen LogP contribution in [-0.4, -0.2) is 22.2 Å². The summed E-state index contributed by atoms with van der Waals surface area (Å²) in [6.45, 7) is 5.77. The van der Waals surface area contributed by atoms with Crippen LogP contribution in [0.25, 0.3) is 0 Å². The first kappa shape index (κ1) is 14.4. The topological polar surface area (TPSA) is 29.9 Å². The smallest absolute Gasteiger partial charge is 0.248 e. The van der Waals surface area contributed by atoms with Gasteiger partial charge < -0.3 is 5.32 Å². The van der Waals surface area contributed by atoms with Gasteiger partial charge in [0.1, 0.15) is 0 Å². The van der Waals surface area contributed by atoms with Crippen molar-refractivity contribution in [3.05, 3.63) is 18.0 Å². The Hall–Kier alpha value is -0.970. The van der Waals surface area contributed by atoms with Gasteiger partial charge in [-0.15, -0.1) is 0 Å². The number of hydrogen-bond acceptors (Lipinski definition) is 2. The lowest BCUT2D eigenvalue weighted by molar-refractivity contribution is -0.0497. The molecule has 1 saturated carbocycles. The number of aromatic nitrogens is 2. The molecule has 0 saturated heterocycles. The van der Waals surface area contributed by atoms with Crippen LogP contribution in [0.3, 0.4) is 0 Å². The minimum absolute atomic E-state index is 0.0154. The Bertz CT molecular complexity index is 393. The molecule has 1 heterocycles. The highest BCUT2D eigenvalue weighted by molar-refractivity contribution is 5.12. The lowest BCUT2D eigenvalue weighted by atomic mass is 9.80. The van der Waals surface area contributed by atoms with Crippen LogP contribution < -0.4 is 5.32 Å². The van der Waals surface area contributed by atoms with Crippen molar-refractivity contribution >= 4 is 0 Å². The predicted molar refractivity (Wildman–Crippen MR) is 71.2 cm³/mol. The van der Waals surface area contributed by atoms with E-state index in [-0.39, 0.29) is 24.8 Å². The summed E-state index contributed by atoms with van der Waals surface area (Å²) < 4.78 is 28.4. The van der Waals surface area contributed by atoms with E-state index in [0.717, 1.165) is 18.7 Å². The van der Waals surface area contributed by atoms with Gasteiger partial charge in [-0.2, -0.15) is 5.10 Å². The van der Waals surface area contributed by atoms with Crippen molar-refractivity contribution in [2.45, 2.75) is 58.0 Å². The number of halogens is 2. The summed E-state index contributed by atoms with van der Waals surface area (Å²) >= 11 is 0. The quantitative estimate of drug-likeness (QED) is 0.889. The van der Waals surface area contributed by atoms with Crippen molar-refractivity contribution in [1.82, 2.24) is 15.1 Å². The van der Waals surface area contributed by atoms with E-state index in [1.807, 2.05) is 24.0 Å². The highest BCUT2D eigenvalue weighted by Gasteiger charge is 2.38. The summed E-state index contributed by atoms with van der Waals surface area (Å²) in [7, 11) is 0. The third-order valence-corrected chi connectivity index (χ3v) is 3.99. The molecule has 1 atom stereocenters. The third kappa shape index (κ3) is 3.53. The molecule has 0 amide bonds. The second kappa shape index (κ2) is 5.99. The van der Waals surface area contributed by atoms with Gasteiger partial charge in [0.05, 0.1) is 6.20 Å². The van der Waals surface area contributed by atoms with Crippen LogP contribution in [-0.2, 0) is 6.54 Å². The molecule has 0 radical (unpaired) electrons. The van der Waals surface area contributed by atoms with E-state index in [9.17, 15) is 8.78 Å². The van der Waals surface area contributed by atoms with E-state index in [4.69, 9.17) is 0 Å². The number of nitrogens with one attached hydrogen (secondary N) is 1. The van der Waals surface area contributed by atoms with E-state index < -0.39 is 5.92 Å². The normalized spacial score (nSPS) is 21.5. The maximum absolute atomic E-state index is 13.3. The van der Waals surface area contributed by atoms with Crippen LogP contribution in [0.1, 0.15) is 51.1 Å². The summed E-state index contributed by atoms with van der Waals surface area (Å²) in [5.41, 5.74) is 1.12. The highest BCUT2D eigenvalue weighted by atomic mass is 19.3. The maximum atomic E-state index is 13.3. The summed E-state index contributed by atoms with van der Waals surface area (Å²) in [4.78, 5) is 0. The highest BCUT2D eigenvalue weighted by Crippen LogP contribution is 2.41. The molecule has 5 heteroatoms. The zero-order valence-corrected chi connectivity index (χ0v) is 11.7. The first-order valence-corrected chi connectivity index (χ1v) is 7.19. The third-order valence-electron chi connectivity index (χ3n) is 3.99. The molecule has 0 bridgehead atoms. The van der Waals surface area contributed by atoms with Crippen LogP contribution in [0.4, 0.5) is 8.78 Å². The van der Waals surface area contributed by atoms with Gasteiger partial charge >= 0.3 is 0 Å². The Kier molecular flexibility index (Phi) is 4.55. The van der Waals surface area contributed by atoms with Gasteiger partial charge in [-0.25, -0.2) is 8.78 Å². The zero-order valence-electron chi connectivity index (χ0n) is 11.7. The Labute approximate surface area is 113 Å². The van der Waals surface area contributed by atoms with Gasteiger partial charge in [-0.3, -0.25) is 4.68 Å². The molecule has 1 aromatic heterocycles. The summed E-state index contributed by atoms with van der Waals surface area (Å²) in [6, 6.07) is 0.154. The molecule has 2 rings (SSSR count). The molecule has 0 aromatic carbocycles. The molecule has 1 aliphatic rings. The second-order valence-electron chi connectivity index (χ2n) is 5.36. The lowest BCUT2D eigenvalue weighted by Gasteiger charge is -2.33. The molecule has 1 aliphatic carbocycles. The molecule has 1 unspecified atom stereocenters. The second-order valence-corrected chi connectivity index (χ2v) is 5.36. The molecule has 1 fully saturated rings. The first-order valence-electron chi connectivity index (χ1n) is 7.19. The molecule has 1 N–H and O–H groups in total. The fourth-order valence-corrected chi connectivity index (χ4v) is 2.89. The Morgan fingerprint density at radius 3 is 2.63 bits per heavy atom. The number of alkyl halides is 2. The van der Waals surface area contributed by atoms with Crippen LogP contribution in [0.2, 0.25) is 0 Å². The van der Waals surface area contributed by atoms with Crippen LogP contribution >= 0.6 is 0 Å². The molecular weight excluding hydrogens is 248 g/mol. The number of nitrogens with zero attached hydrogens (tertiary/aromatic N) is 2. The van der Waals surface area contributed by atoms with E-state index in [1.54, 1.807) is 0 Å². The first-order chi connectivity index (χ1) is 9.05. The molecule has 0 spiro atoms. The fraction of sp³-hybridized carbons (Fsp3) is 0.786. The molecule has 1 aromatic rings. The number of aryl methyl sites for hydroxylation is 1. The van der Waals surface area contributed by atoms with Gasteiger partial charge in [-0.1, -0.05) is 6.92 Å². The largest absolute Gasteiger partial charge is 0.310 e. The summed E-state index contributed by atoms with van der Waals surface area (Å²) in [5.74, 6) is -2.17. The van der Waals surface area contributed by atoms with Gasteiger partial charge in [0.2, 0.25) is 5.92 Å². The van der Waals surface area contributed by atoms with E-state index >= 15 is 0 Å². The van der Waals surface area contributed by atoms with Crippen LogP contribution in [0.5, 0.6) is 0 Å². The van der Waals surface area contributed by atoms with E-state index in [1.165, 1.54) is 0 Å². The van der Waals surface area contributed by atoms with Gasteiger partial charge in [0.15, 0.2) is 0 Å². The van der Waals surface area contributed by atoms with Gasteiger partial charge in [-0.05, 0) is 32.2 Å². The summed E-state index contributed by atoms with van der Waals surface area (Å²) in [5, 5.41) is 7.72. The standard InChI is InChI=1S/C14H23F2N3/c1-3-17-13(12-9-18-19(4-2)10-12)11-5-7-14(15,16)8-6-11/h9-11,13,17H,3-8H2,1-2H3. The molecule has 0 aliphatic heterocycles. The average Bonchev–Trinajstić information content (AvgIpc) is 2.85. The van der Waals surface area contributed by atoms with Gasteiger partial charge in [0.25, 0.3) is 0 Å². The van der Waals surface area contributed by atoms with Crippen molar-refractivity contribution in [3.8, 4) is 0 Å². The van der Waals surface area contributed by atoms with E-state index in [0.29, 0.717) is 12.8 Å². The Morgan fingerprint density at radius 1 is 1.42 bits per heavy atom. The zero-order chi connectivity index (χ0) is 13.9. The van der Waals surface area contributed by atoms with Crippen LogP contribution in [0.15, 0.2) is 12.4 Å². The molecule has 108 valence electrons. The predicted octanol–water partition coefficient (Wildman–Crippen LogP) is 3.38. The molecular formula is C14H23F2N3. The Morgan fingerprint density at radius 2 is 2.11 bits per heavy atom. The van der Waals surface area contributed by atoms with Crippen molar-refractivity contribution in [1.29, 1.82) is 0 Å². The monoisotopic (exact) mass is 271 g/mol.